The number of anilines is 1. The van der Waals surface area contributed by atoms with E-state index in [0.717, 1.165) is 17.7 Å². The Kier molecular flexibility index (Phi) is 4.74. The van der Waals surface area contributed by atoms with Crippen LogP contribution in [0.4, 0.5) is 14.9 Å². The van der Waals surface area contributed by atoms with Gasteiger partial charge < -0.3 is 4.90 Å². The predicted octanol–water partition coefficient (Wildman–Crippen LogP) is 2.24. The zero-order valence-corrected chi connectivity index (χ0v) is 14.4. The molecule has 25 heavy (non-hydrogen) atoms. The molecule has 2 atom stereocenters. The first kappa shape index (κ1) is 17.4. The number of likely N-dealkylation sites (tertiary alicyclic amines) is 1. The topological polar surface area (TPSA) is 60.9 Å². The highest BCUT2D eigenvalue weighted by Gasteiger charge is 2.44. The second-order valence-corrected chi connectivity index (χ2v) is 6.82. The summed E-state index contributed by atoms with van der Waals surface area (Å²) in [7, 11) is 0. The molecule has 0 spiro atoms. The Hall–Kier alpha value is -2.44. The molecule has 0 bridgehead atoms. The summed E-state index contributed by atoms with van der Waals surface area (Å²) in [6, 6.07) is 4.13. The van der Waals surface area contributed by atoms with Gasteiger partial charge >= 0.3 is 6.03 Å². The van der Waals surface area contributed by atoms with Crippen LogP contribution in [-0.4, -0.2) is 53.3 Å². The van der Waals surface area contributed by atoms with Crippen LogP contribution in [0.25, 0.3) is 0 Å². The van der Waals surface area contributed by atoms with Crippen molar-refractivity contribution in [1.82, 2.24) is 9.80 Å². The fourth-order valence-electron chi connectivity index (χ4n) is 3.46. The summed E-state index contributed by atoms with van der Waals surface area (Å²) in [4.78, 5) is 41.6. The van der Waals surface area contributed by atoms with Crippen molar-refractivity contribution in [1.29, 1.82) is 0 Å². The molecule has 0 aromatic heterocycles. The first-order valence-corrected chi connectivity index (χ1v) is 8.56. The molecule has 0 saturated carbocycles. The largest absolute Gasteiger partial charge is 0.341 e. The number of hydrogen-bond donors (Lipinski definition) is 0. The van der Waals surface area contributed by atoms with Crippen molar-refractivity contribution in [3.63, 3.8) is 0 Å². The van der Waals surface area contributed by atoms with E-state index < -0.39 is 23.8 Å². The monoisotopic (exact) mass is 347 g/mol. The van der Waals surface area contributed by atoms with E-state index in [-0.39, 0.29) is 12.5 Å². The maximum atomic E-state index is 13.1. The van der Waals surface area contributed by atoms with Gasteiger partial charge in [-0.05, 0) is 49.9 Å². The van der Waals surface area contributed by atoms with Crippen molar-refractivity contribution in [2.75, 3.05) is 24.5 Å². The molecule has 0 radical (unpaired) electrons. The van der Waals surface area contributed by atoms with Gasteiger partial charge in [0.25, 0.3) is 5.91 Å². The number of imide groups is 1. The van der Waals surface area contributed by atoms with Gasteiger partial charge in [0.1, 0.15) is 18.4 Å². The van der Waals surface area contributed by atoms with Gasteiger partial charge in [-0.1, -0.05) is 6.92 Å². The summed E-state index contributed by atoms with van der Waals surface area (Å²) in [5.74, 6) is -0.605. The van der Waals surface area contributed by atoms with E-state index in [1.165, 1.54) is 29.2 Å². The van der Waals surface area contributed by atoms with Crippen LogP contribution >= 0.6 is 0 Å². The Labute approximate surface area is 146 Å². The molecular weight excluding hydrogens is 325 g/mol. The molecule has 2 aliphatic heterocycles. The van der Waals surface area contributed by atoms with E-state index in [2.05, 4.69) is 6.92 Å². The molecule has 4 amide bonds. The van der Waals surface area contributed by atoms with Crippen molar-refractivity contribution in [2.24, 2.45) is 5.92 Å². The van der Waals surface area contributed by atoms with E-state index in [9.17, 15) is 18.8 Å². The maximum absolute atomic E-state index is 13.1. The van der Waals surface area contributed by atoms with Crippen LogP contribution < -0.4 is 4.90 Å². The summed E-state index contributed by atoms with van der Waals surface area (Å²) in [5.41, 5.74) is 0.439. The van der Waals surface area contributed by atoms with Crippen LogP contribution in [0.2, 0.25) is 0 Å². The third-order valence-electron chi connectivity index (χ3n) is 4.86. The van der Waals surface area contributed by atoms with Crippen molar-refractivity contribution < 1.29 is 18.8 Å². The maximum Gasteiger partial charge on any atom is 0.332 e. The van der Waals surface area contributed by atoms with Crippen LogP contribution in [-0.2, 0) is 9.59 Å². The number of benzene rings is 1. The first-order valence-electron chi connectivity index (χ1n) is 8.56. The van der Waals surface area contributed by atoms with Crippen LogP contribution in [0.3, 0.4) is 0 Å². The number of carbonyl (C=O) groups excluding carboxylic acids is 3. The third-order valence-corrected chi connectivity index (χ3v) is 4.86. The standard InChI is InChI=1S/C18H22FN3O3/c1-12-4-3-9-20(10-12)16(23)11-21-17(24)13(2)22(18(21)25)15-7-5-14(19)6-8-15/h5-8,12-13H,3-4,9-11H2,1-2H3/t12-,13-/m0/s1. The van der Waals surface area contributed by atoms with E-state index in [4.69, 9.17) is 0 Å². The highest BCUT2D eigenvalue weighted by molar-refractivity contribution is 6.15. The molecule has 2 heterocycles. The second-order valence-electron chi connectivity index (χ2n) is 6.82. The van der Waals surface area contributed by atoms with Crippen LogP contribution in [0.5, 0.6) is 0 Å². The van der Waals surface area contributed by atoms with Gasteiger partial charge in [-0.2, -0.15) is 0 Å². The lowest BCUT2D eigenvalue weighted by molar-refractivity contribution is -0.138. The summed E-state index contributed by atoms with van der Waals surface area (Å²) < 4.78 is 13.1. The fraction of sp³-hybridized carbons (Fsp3) is 0.500. The zero-order chi connectivity index (χ0) is 18.1. The minimum Gasteiger partial charge on any atom is -0.341 e. The number of amides is 4. The van der Waals surface area contributed by atoms with Crippen molar-refractivity contribution in [2.45, 2.75) is 32.7 Å². The summed E-state index contributed by atoms with van der Waals surface area (Å²) in [6.45, 7) is 4.77. The minimum atomic E-state index is -0.717. The molecule has 7 heteroatoms. The van der Waals surface area contributed by atoms with E-state index >= 15 is 0 Å². The summed E-state index contributed by atoms with van der Waals surface area (Å²) in [6.07, 6.45) is 2.02. The molecule has 3 rings (SSSR count). The lowest BCUT2D eigenvalue weighted by Gasteiger charge is -2.31. The lowest BCUT2D eigenvalue weighted by Crippen LogP contribution is -2.46. The molecule has 1 aromatic carbocycles. The van der Waals surface area contributed by atoms with Gasteiger partial charge in [-0.25, -0.2) is 9.18 Å². The summed E-state index contributed by atoms with van der Waals surface area (Å²) in [5, 5.41) is 0. The van der Waals surface area contributed by atoms with E-state index in [0.29, 0.717) is 24.7 Å². The SMILES string of the molecule is C[C@H]1CCCN(C(=O)CN2C(=O)[C@H](C)N(c3ccc(F)cc3)C2=O)C1. The van der Waals surface area contributed by atoms with E-state index in [1.807, 2.05) is 0 Å². The molecule has 0 aliphatic carbocycles. The average Bonchev–Trinajstić information content (AvgIpc) is 2.79. The molecule has 2 aliphatic rings. The first-order chi connectivity index (χ1) is 11.9. The molecule has 2 fully saturated rings. The second kappa shape index (κ2) is 6.82. The van der Waals surface area contributed by atoms with Crippen molar-refractivity contribution >= 4 is 23.5 Å². The molecule has 0 unspecified atom stereocenters. The van der Waals surface area contributed by atoms with Crippen molar-refractivity contribution in [3.8, 4) is 0 Å². The number of nitrogens with zero attached hydrogens (tertiary/aromatic N) is 3. The van der Waals surface area contributed by atoms with Crippen LogP contribution in [0.15, 0.2) is 24.3 Å². The Morgan fingerprint density at radius 1 is 1.20 bits per heavy atom. The van der Waals surface area contributed by atoms with Gasteiger partial charge in [0, 0.05) is 18.8 Å². The molecule has 0 N–H and O–H groups in total. The molecule has 1 aromatic rings. The predicted molar refractivity (Wildman–Crippen MR) is 90.4 cm³/mol. The number of hydrogen-bond acceptors (Lipinski definition) is 3. The number of rotatable bonds is 3. The number of halogens is 1. The molecular formula is C18H22FN3O3. The Bertz CT molecular complexity index is 691. The number of urea groups is 1. The average molecular weight is 347 g/mol. The van der Waals surface area contributed by atoms with Gasteiger partial charge in [-0.3, -0.25) is 19.4 Å². The minimum absolute atomic E-state index is 0.207. The Balaban J connectivity index is 1.74. The normalized spacial score (nSPS) is 24.2. The van der Waals surface area contributed by atoms with E-state index in [1.54, 1.807) is 11.8 Å². The highest BCUT2D eigenvalue weighted by atomic mass is 19.1. The Morgan fingerprint density at radius 2 is 1.88 bits per heavy atom. The molecule has 6 nitrogen and oxygen atoms in total. The van der Waals surface area contributed by atoms with Gasteiger partial charge in [0.15, 0.2) is 0 Å². The summed E-state index contributed by atoms with van der Waals surface area (Å²) >= 11 is 0. The highest BCUT2D eigenvalue weighted by Crippen LogP contribution is 2.26. The van der Waals surface area contributed by atoms with Gasteiger partial charge in [-0.15, -0.1) is 0 Å². The quantitative estimate of drug-likeness (QED) is 0.788. The number of piperidine rings is 1. The van der Waals surface area contributed by atoms with Crippen molar-refractivity contribution in [3.05, 3.63) is 30.1 Å². The lowest BCUT2D eigenvalue weighted by atomic mass is 10.0. The molecule has 2 saturated heterocycles. The molecule has 134 valence electrons. The van der Waals surface area contributed by atoms with Gasteiger partial charge in [0.2, 0.25) is 5.91 Å². The fourth-order valence-corrected chi connectivity index (χ4v) is 3.46. The van der Waals surface area contributed by atoms with Crippen LogP contribution in [0, 0.1) is 11.7 Å². The third kappa shape index (κ3) is 3.36. The van der Waals surface area contributed by atoms with Crippen LogP contribution in [0.1, 0.15) is 26.7 Å². The van der Waals surface area contributed by atoms with Gasteiger partial charge in [0.05, 0.1) is 0 Å². The zero-order valence-electron chi connectivity index (χ0n) is 14.4. The smallest absolute Gasteiger partial charge is 0.332 e. The number of carbonyl (C=O) groups is 3. The Morgan fingerprint density at radius 3 is 2.52 bits per heavy atom.